The van der Waals surface area contributed by atoms with Gasteiger partial charge >= 0.3 is 5.97 Å². The standard InChI is InChI=1S/C11H13FO3/c1-7-9(11(14)15-2)5-8(3-4-13)6-10(7)12/h5-6,13H,3-4H2,1-2H3. The van der Waals surface area contributed by atoms with Crippen LogP contribution in [0.5, 0.6) is 0 Å². The molecule has 0 radical (unpaired) electrons. The molecule has 0 aliphatic heterocycles. The molecule has 1 rings (SSSR count). The van der Waals surface area contributed by atoms with Crippen LogP contribution in [0.15, 0.2) is 12.1 Å². The summed E-state index contributed by atoms with van der Waals surface area (Å²) in [5, 5.41) is 8.73. The van der Waals surface area contributed by atoms with Gasteiger partial charge in [0.2, 0.25) is 0 Å². The van der Waals surface area contributed by atoms with Crippen molar-refractivity contribution in [1.29, 1.82) is 0 Å². The molecule has 0 amide bonds. The number of aliphatic hydroxyl groups excluding tert-OH is 1. The monoisotopic (exact) mass is 212 g/mol. The number of hydrogen-bond donors (Lipinski definition) is 1. The zero-order valence-corrected chi connectivity index (χ0v) is 8.71. The average Bonchev–Trinajstić information content (AvgIpc) is 2.22. The Morgan fingerprint density at radius 1 is 1.53 bits per heavy atom. The van der Waals surface area contributed by atoms with Crippen molar-refractivity contribution in [1.82, 2.24) is 0 Å². The van der Waals surface area contributed by atoms with Crippen molar-refractivity contribution < 1.29 is 19.0 Å². The molecule has 0 saturated heterocycles. The molecule has 0 spiro atoms. The minimum atomic E-state index is -0.564. The van der Waals surface area contributed by atoms with Crippen LogP contribution in [0.25, 0.3) is 0 Å². The van der Waals surface area contributed by atoms with Gasteiger partial charge < -0.3 is 9.84 Å². The van der Waals surface area contributed by atoms with Crippen LogP contribution in [-0.2, 0) is 11.2 Å². The summed E-state index contributed by atoms with van der Waals surface area (Å²) < 4.78 is 17.9. The summed E-state index contributed by atoms with van der Waals surface area (Å²) in [5.41, 5.74) is 1.06. The third-order valence-corrected chi connectivity index (χ3v) is 2.21. The molecule has 0 bridgehead atoms. The molecular weight excluding hydrogens is 199 g/mol. The van der Waals surface area contributed by atoms with E-state index in [9.17, 15) is 9.18 Å². The summed E-state index contributed by atoms with van der Waals surface area (Å²) in [6.07, 6.45) is 0.321. The first-order valence-electron chi connectivity index (χ1n) is 4.58. The van der Waals surface area contributed by atoms with E-state index in [1.54, 1.807) is 6.07 Å². The third-order valence-electron chi connectivity index (χ3n) is 2.21. The Kier molecular flexibility index (Phi) is 3.80. The van der Waals surface area contributed by atoms with Crippen molar-refractivity contribution >= 4 is 5.97 Å². The lowest BCUT2D eigenvalue weighted by Gasteiger charge is -2.07. The Balaban J connectivity index is 3.18. The highest BCUT2D eigenvalue weighted by Crippen LogP contribution is 2.17. The van der Waals surface area contributed by atoms with Crippen LogP contribution in [-0.4, -0.2) is 24.8 Å². The van der Waals surface area contributed by atoms with E-state index in [4.69, 9.17) is 5.11 Å². The Hall–Kier alpha value is -1.42. The van der Waals surface area contributed by atoms with Crippen molar-refractivity contribution in [3.8, 4) is 0 Å². The number of esters is 1. The van der Waals surface area contributed by atoms with Crippen LogP contribution in [0, 0.1) is 12.7 Å². The molecule has 0 saturated carbocycles. The minimum absolute atomic E-state index is 0.0802. The Labute approximate surface area is 87.5 Å². The number of methoxy groups -OCH3 is 1. The number of carbonyl (C=O) groups excluding carboxylic acids is 1. The Bertz CT molecular complexity index is 374. The number of ether oxygens (including phenoxy) is 1. The van der Waals surface area contributed by atoms with Gasteiger partial charge in [-0.1, -0.05) is 0 Å². The van der Waals surface area contributed by atoms with Crippen LogP contribution >= 0.6 is 0 Å². The molecule has 0 atom stereocenters. The summed E-state index contributed by atoms with van der Waals surface area (Å²) in [6, 6.07) is 2.86. The number of rotatable bonds is 3. The molecule has 15 heavy (non-hydrogen) atoms. The Morgan fingerprint density at radius 3 is 2.73 bits per heavy atom. The predicted molar refractivity (Wildman–Crippen MR) is 53.3 cm³/mol. The second-order valence-electron chi connectivity index (χ2n) is 3.22. The molecular formula is C11H13FO3. The fourth-order valence-corrected chi connectivity index (χ4v) is 1.33. The largest absolute Gasteiger partial charge is 0.465 e. The van der Waals surface area contributed by atoms with Gasteiger partial charge in [0.1, 0.15) is 5.82 Å². The molecule has 3 nitrogen and oxygen atoms in total. The molecule has 0 aliphatic rings. The number of carbonyl (C=O) groups is 1. The van der Waals surface area contributed by atoms with Crippen molar-refractivity contribution in [2.75, 3.05) is 13.7 Å². The molecule has 0 aliphatic carbocycles. The molecule has 0 fully saturated rings. The zero-order valence-electron chi connectivity index (χ0n) is 8.71. The minimum Gasteiger partial charge on any atom is -0.465 e. The fourth-order valence-electron chi connectivity index (χ4n) is 1.33. The molecule has 82 valence electrons. The zero-order chi connectivity index (χ0) is 11.4. The summed E-state index contributed by atoms with van der Waals surface area (Å²) in [7, 11) is 1.25. The summed E-state index contributed by atoms with van der Waals surface area (Å²) in [5.74, 6) is -1.02. The van der Waals surface area contributed by atoms with Crippen LogP contribution < -0.4 is 0 Å². The van der Waals surface area contributed by atoms with E-state index < -0.39 is 11.8 Å². The second-order valence-corrected chi connectivity index (χ2v) is 3.22. The van der Waals surface area contributed by atoms with E-state index >= 15 is 0 Å². The molecule has 0 aromatic heterocycles. The first kappa shape index (κ1) is 11.7. The summed E-state index contributed by atoms with van der Waals surface area (Å²) in [4.78, 5) is 11.3. The van der Waals surface area contributed by atoms with Gasteiger partial charge in [0.05, 0.1) is 12.7 Å². The maximum absolute atomic E-state index is 13.4. The molecule has 1 aromatic carbocycles. The van der Waals surface area contributed by atoms with Crippen molar-refractivity contribution in [2.24, 2.45) is 0 Å². The van der Waals surface area contributed by atoms with E-state index in [1.807, 2.05) is 0 Å². The smallest absolute Gasteiger partial charge is 0.338 e. The normalized spacial score (nSPS) is 10.1. The quantitative estimate of drug-likeness (QED) is 0.771. The summed E-state index contributed by atoms with van der Waals surface area (Å²) >= 11 is 0. The number of hydrogen-bond acceptors (Lipinski definition) is 3. The van der Waals surface area contributed by atoms with Crippen molar-refractivity contribution in [3.63, 3.8) is 0 Å². The van der Waals surface area contributed by atoms with Gasteiger partial charge in [-0.3, -0.25) is 0 Å². The molecule has 1 aromatic rings. The third kappa shape index (κ3) is 2.53. The molecule has 0 unspecified atom stereocenters. The van der Waals surface area contributed by atoms with Gasteiger partial charge in [-0.2, -0.15) is 0 Å². The van der Waals surface area contributed by atoms with Crippen LogP contribution in [0.2, 0.25) is 0 Å². The van der Waals surface area contributed by atoms with Gasteiger partial charge in [0.25, 0.3) is 0 Å². The number of aliphatic hydroxyl groups is 1. The van der Waals surface area contributed by atoms with E-state index in [0.717, 1.165) is 0 Å². The lowest BCUT2D eigenvalue weighted by molar-refractivity contribution is 0.0599. The van der Waals surface area contributed by atoms with Crippen molar-refractivity contribution in [3.05, 3.63) is 34.6 Å². The van der Waals surface area contributed by atoms with Gasteiger partial charge in [0, 0.05) is 6.61 Å². The highest BCUT2D eigenvalue weighted by atomic mass is 19.1. The first-order chi connectivity index (χ1) is 7.10. The lowest BCUT2D eigenvalue weighted by atomic mass is 10.0. The van der Waals surface area contributed by atoms with Crippen LogP contribution in [0.4, 0.5) is 4.39 Å². The van der Waals surface area contributed by atoms with Crippen LogP contribution in [0.1, 0.15) is 21.5 Å². The highest BCUT2D eigenvalue weighted by molar-refractivity contribution is 5.91. The van der Waals surface area contributed by atoms with Gasteiger partial charge in [0.15, 0.2) is 0 Å². The average molecular weight is 212 g/mol. The molecule has 4 heteroatoms. The molecule has 0 heterocycles. The number of benzene rings is 1. The topological polar surface area (TPSA) is 46.5 Å². The van der Waals surface area contributed by atoms with Gasteiger partial charge in [-0.15, -0.1) is 0 Å². The SMILES string of the molecule is COC(=O)c1cc(CCO)cc(F)c1C. The lowest BCUT2D eigenvalue weighted by Crippen LogP contribution is -2.07. The van der Waals surface area contributed by atoms with Gasteiger partial charge in [-0.05, 0) is 36.6 Å². The highest BCUT2D eigenvalue weighted by Gasteiger charge is 2.13. The summed E-state index contributed by atoms with van der Waals surface area (Å²) in [6.45, 7) is 1.44. The predicted octanol–water partition coefficient (Wildman–Crippen LogP) is 1.46. The van der Waals surface area contributed by atoms with Crippen molar-refractivity contribution in [2.45, 2.75) is 13.3 Å². The number of halogens is 1. The van der Waals surface area contributed by atoms with E-state index in [2.05, 4.69) is 4.74 Å². The molecule has 1 N–H and O–H groups in total. The van der Waals surface area contributed by atoms with E-state index in [1.165, 1.54) is 20.1 Å². The van der Waals surface area contributed by atoms with E-state index in [-0.39, 0.29) is 17.7 Å². The second kappa shape index (κ2) is 4.89. The van der Waals surface area contributed by atoms with Crippen LogP contribution in [0.3, 0.4) is 0 Å². The first-order valence-corrected chi connectivity index (χ1v) is 4.58. The maximum Gasteiger partial charge on any atom is 0.338 e. The van der Waals surface area contributed by atoms with E-state index in [0.29, 0.717) is 12.0 Å². The van der Waals surface area contributed by atoms with Gasteiger partial charge in [-0.25, -0.2) is 9.18 Å². The fraction of sp³-hybridized carbons (Fsp3) is 0.364. The maximum atomic E-state index is 13.4. The Morgan fingerprint density at radius 2 is 2.20 bits per heavy atom.